The first-order valence-corrected chi connectivity index (χ1v) is 20.4. The minimum absolute atomic E-state index is 0.00391. The monoisotopic (exact) mass is 820 g/mol. The molecule has 2 rings (SSSR count). The van der Waals surface area contributed by atoms with E-state index >= 15 is 0 Å². The first-order valence-electron chi connectivity index (χ1n) is 19.4. The lowest BCUT2D eigenvalue weighted by Crippen LogP contribution is -2.60. The van der Waals surface area contributed by atoms with Gasteiger partial charge in [-0.25, -0.2) is 0 Å². The van der Waals surface area contributed by atoms with Gasteiger partial charge in [0.1, 0.15) is 42.0 Å². The summed E-state index contributed by atoms with van der Waals surface area (Å²) in [5, 5.41) is 32.9. The number of likely N-dealkylation sites (tertiary alicyclic amines) is 1. The number of rotatable bonds is 22. The summed E-state index contributed by atoms with van der Waals surface area (Å²) < 4.78 is -0.325. The lowest BCUT2D eigenvalue weighted by atomic mass is 10.0. The van der Waals surface area contributed by atoms with Gasteiger partial charge in [-0.2, -0.15) is 11.8 Å². The van der Waals surface area contributed by atoms with Gasteiger partial charge >= 0.3 is 0 Å². The number of guanidine groups is 1. The number of aliphatic hydroxyl groups excluding tert-OH is 1. The fourth-order valence-electron chi connectivity index (χ4n) is 6.03. The molecule has 19 heteroatoms. The molecule has 0 aliphatic carbocycles. The molecule has 6 atom stereocenters. The van der Waals surface area contributed by atoms with E-state index < -0.39 is 72.4 Å². The molecule has 0 spiro atoms. The number of aromatic hydroxyl groups is 1. The number of phenolic OH excluding ortho intramolecular Hbond substituents is 1. The molecular weight excluding hydrogens is 757 g/mol. The van der Waals surface area contributed by atoms with Crippen LogP contribution in [0.4, 0.5) is 0 Å². The van der Waals surface area contributed by atoms with Crippen LogP contribution < -0.4 is 43.8 Å². The van der Waals surface area contributed by atoms with Crippen molar-refractivity contribution >= 4 is 53.2 Å². The highest BCUT2D eigenvalue weighted by molar-refractivity contribution is 8.00. The van der Waals surface area contributed by atoms with Gasteiger partial charge in [0, 0.05) is 36.6 Å². The summed E-state index contributed by atoms with van der Waals surface area (Å²) in [6.45, 7) is 11.6. The van der Waals surface area contributed by atoms with Gasteiger partial charge < -0.3 is 58.9 Å². The van der Waals surface area contributed by atoms with Gasteiger partial charge in [0.05, 0.1) is 6.61 Å². The number of nitrogens with zero attached hydrogens (tertiary/aromatic N) is 2. The number of carbonyl (C=O) groups excluding carboxylic acids is 6. The highest BCUT2D eigenvalue weighted by Crippen LogP contribution is 2.25. The number of hydrogen-bond donors (Lipinski definition) is 10. The normalized spacial score (nSPS) is 16.7. The van der Waals surface area contributed by atoms with Crippen LogP contribution in [0.15, 0.2) is 29.3 Å². The maximum atomic E-state index is 14.2. The Balaban J connectivity index is 2.41. The predicted molar refractivity (Wildman–Crippen MR) is 220 cm³/mol. The molecule has 320 valence electrons. The Labute approximate surface area is 339 Å². The third-order valence-electron chi connectivity index (χ3n) is 8.95. The molecule has 1 saturated heterocycles. The van der Waals surface area contributed by atoms with Gasteiger partial charge in [0.25, 0.3) is 0 Å². The average Bonchev–Trinajstić information content (AvgIpc) is 3.64. The van der Waals surface area contributed by atoms with E-state index in [0.717, 1.165) is 0 Å². The fraction of sp³-hybridized carbons (Fsp3) is 0.658. The minimum atomic E-state index is -1.30. The van der Waals surface area contributed by atoms with E-state index in [0.29, 0.717) is 37.9 Å². The summed E-state index contributed by atoms with van der Waals surface area (Å²) in [4.78, 5) is 87.1. The lowest BCUT2D eigenvalue weighted by molar-refractivity contribution is -0.142. The number of aliphatic hydroxyl groups is 1. The highest BCUT2D eigenvalue weighted by atomic mass is 32.2. The molecule has 1 heterocycles. The molecule has 0 radical (unpaired) electrons. The zero-order chi connectivity index (χ0) is 42.9. The lowest BCUT2D eigenvalue weighted by Gasteiger charge is -2.31. The molecule has 1 fully saturated rings. The molecule has 13 N–H and O–H groups in total. The van der Waals surface area contributed by atoms with Gasteiger partial charge in [-0.1, -0.05) is 46.8 Å². The molecule has 1 aromatic carbocycles. The van der Waals surface area contributed by atoms with E-state index in [9.17, 15) is 39.0 Å². The van der Waals surface area contributed by atoms with Crippen LogP contribution in [-0.2, 0) is 35.2 Å². The van der Waals surface area contributed by atoms with Gasteiger partial charge in [0.2, 0.25) is 35.4 Å². The van der Waals surface area contributed by atoms with Crippen LogP contribution in [-0.4, -0.2) is 130 Å². The van der Waals surface area contributed by atoms with Crippen LogP contribution in [0.25, 0.3) is 0 Å². The number of nitrogens with one attached hydrogen (secondary N) is 5. The summed E-state index contributed by atoms with van der Waals surface area (Å²) in [5.74, 6) is -3.63. The maximum absolute atomic E-state index is 14.2. The summed E-state index contributed by atoms with van der Waals surface area (Å²) in [6, 6.07) is -0.599. The Morgan fingerprint density at radius 2 is 1.49 bits per heavy atom. The largest absolute Gasteiger partial charge is 0.508 e. The fourth-order valence-corrected chi connectivity index (χ4v) is 6.93. The van der Waals surface area contributed by atoms with E-state index in [1.807, 2.05) is 34.6 Å². The summed E-state index contributed by atoms with van der Waals surface area (Å²) in [7, 11) is 0. The summed E-state index contributed by atoms with van der Waals surface area (Å²) in [6.07, 6.45) is 1.69. The number of nitrogens with two attached hydrogens (primary N) is 3. The number of phenols is 1. The molecular formula is C38H64N10O8S. The third-order valence-corrected chi connectivity index (χ3v) is 10.3. The second-order valence-corrected chi connectivity index (χ2v) is 17.3. The molecule has 18 nitrogen and oxygen atoms in total. The number of thioether (sulfide) groups is 1. The van der Waals surface area contributed by atoms with E-state index in [1.54, 1.807) is 19.1 Å². The Morgan fingerprint density at radius 3 is 2.07 bits per heavy atom. The van der Waals surface area contributed by atoms with Crippen LogP contribution in [0.2, 0.25) is 0 Å². The predicted octanol–water partition coefficient (Wildman–Crippen LogP) is -1.05. The number of likely N-dealkylation sites (N-methyl/N-ethyl adjacent to an activating group) is 1. The van der Waals surface area contributed by atoms with Gasteiger partial charge in [-0.3, -0.25) is 33.8 Å². The smallest absolute Gasteiger partial charge is 0.245 e. The minimum Gasteiger partial charge on any atom is -0.508 e. The van der Waals surface area contributed by atoms with Crippen LogP contribution in [0.5, 0.6) is 5.75 Å². The standard InChI is InChI=1S/C38H64N10O8S/c1-7-42-35(55)30-11-9-17-48(30)36(56)26(10-8-16-43-37(40)41)44-34(54)29(21-57-38(4,5)6)47-32(52)27(18-22(2)3)46-33(53)28(45-31(51)25(39)20-49)19-23-12-14-24(50)15-13-23/h12-15,22,25-30,49-50H,7-11,16-21,39H2,1-6H3,(H,42,55)(H,44,54)(H,45,51)(H,46,53)(H,47,52)(H4,40,41,43)/t25-,26-,27+,28-,29-,30-/m0/s1. The zero-order valence-electron chi connectivity index (χ0n) is 34.0. The van der Waals surface area contributed by atoms with Crippen LogP contribution in [0, 0.1) is 5.92 Å². The highest BCUT2D eigenvalue weighted by Gasteiger charge is 2.39. The molecule has 0 bridgehead atoms. The Kier molecular flexibility index (Phi) is 20.1. The van der Waals surface area contributed by atoms with E-state index in [2.05, 4.69) is 31.6 Å². The summed E-state index contributed by atoms with van der Waals surface area (Å²) in [5.41, 5.74) is 17.3. The van der Waals surface area contributed by atoms with Crippen molar-refractivity contribution in [2.24, 2.45) is 28.1 Å². The van der Waals surface area contributed by atoms with Gasteiger partial charge in [-0.15, -0.1) is 0 Å². The van der Waals surface area contributed by atoms with Crippen molar-refractivity contribution in [3.63, 3.8) is 0 Å². The Hall–Kier alpha value is -4.62. The van der Waals surface area contributed by atoms with Crippen molar-refractivity contribution < 1.29 is 39.0 Å². The van der Waals surface area contributed by atoms with Gasteiger partial charge in [-0.05, 0) is 62.6 Å². The molecule has 1 aromatic rings. The quantitative estimate of drug-likeness (QED) is 0.0381. The van der Waals surface area contributed by atoms with Crippen LogP contribution in [0.1, 0.15) is 79.2 Å². The molecule has 0 unspecified atom stereocenters. The van der Waals surface area contributed by atoms with Crippen molar-refractivity contribution in [3.8, 4) is 5.75 Å². The molecule has 6 amide bonds. The molecule has 0 aromatic heterocycles. The van der Waals surface area contributed by atoms with Crippen molar-refractivity contribution in [2.75, 3.05) is 32.0 Å². The van der Waals surface area contributed by atoms with Crippen molar-refractivity contribution in [1.82, 2.24) is 31.5 Å². The first-order chi connectivity index (χ1) is 26.8. The van der Waals surface area contributed by atoms with Crippen molar-refractivity contribution in [3.05, 3.63) is 29.8 Å². The SMILES string of the molecule is CCNC(=O)[C@@H]1CCCN1C(=O)[C@H](CCCN=C(N)N)NC(=O)[C@H](CSC(C)(C)C)NC(=O)[C@@H](CC(C)C)NC(=O)[C@H](Cc1ccc(O)cc1)NC(=O)[C@@H](N)CO. The van der Waals surface area contributed by atoms with Crippen molar-refractivity contribution in [2.45, 2.75) is 121 Å². The Morgan fingerprint density at radius 1 is 0.912 bits per heavy atom. The van der Waals surface area contributed by atoms with Crippen LogP contribution in [0.3, 0.4) is 0 Å². The van der Waals surface area contributed by atoms with E-state index in [1.165, 1.54) is 28.8 Å². The van der Waals surface area contributed by atoms with Gasteiger partial charge in [0.15, 0.2) is 5.96 Å². The van der Waals surface area contributed by atoms with Crippen LogP contribution >= 0.6 is 11.8 Å². The maximum Gasteiger partial charge on any atom is 0.245 e. The van der Waals surface area contributed by atoms with E-state index in [-0.39, 0.29) is 59.8 Å². The second kappa shape index (κ2) is 23.6. The topological polar surface area (TPSA) is 297 Å². The third kappa shape index (κ3) is 17.2. The number of carbonyl (C=O) groups is 6. The number of amides is 6. The number of aliphatic imine (C=N–C) groups is 1. The number of hydrogen-bond acceptors (Lipinski definition) is 11. The molecule has 57 heavy (non-hydrogen) atoms. The average molecular weight is 821 g/mol. The molecule has 1 aliphatic heterocycles. The van der Waals surface area contributed by atoms with Crippen molar-refractivity contribution in [1.29, 1.82) is 0 Å². The first kappa shape index (κ1) is 48.5. The van der Waals surface area contributed by atoms with E-state index in [4.69, 9.17) is 17.2 Å². The Bertz CT molecular complexity index is 1530. The second-order valence-electron chi connectivity index (χ2n) is 15.5. The summed E-state index contributed by atoms with van der Waals surface area (Å²) >= 11 is 1.41. The molecule has 1 aliphatic rings. The molecule has 0 saturated carbocycles. The zero-order valence-corrected chi connectivity index (χ0v) is 34.8. The number of benzene rings is 1.